The van der Waals surface area contributed by atoms with Crippen molar-refractivity contribution in [2.75, 3.05) is 20.3 Å². The van der Waals surface area contributed by atoms with Crippen molar-refractivity contribution >= 4 is 28.4 Å². The molecule has 2 fully saturated rings. The van der Waals surface area contributed by atoms with Gasteiger partial charge < -0.3 is 19.9 Å². The smallest absolute Gasteiger partial charge is 0.435 e. The molecule has 2 N–H and O–H groups in total. The Morgan fingerprint density at radius 3 is 2.43 bits per heavy atom. The summed E-state index contributed by atoms with van der Waals surface area (Å²) in [6.07, 6.45) is -5.55. The number of carbonyl (C=O) groups is 1. The summed E-state index contributed by atoms with van der Waals surface area (Å²) in [7, 11) is 3.05. The molecule has 58 heavy (non-hydrogen) atoms. The number of alkyl halides is 5. The summed E-state index contributed by atoms with van der Waals surface area (Å²) in [5, 5.41) is 22.4. The van der Waals surface area contributed by atoms with Gasteiger partial charge in [0.15, 0.2) is 5.69 Å². The molecule has 0 radical (unpaired) electrons. The van der Waals surface area contributed by atoms with Crippen LogP contribution in [0.5, 0.6) is 5.88 Å². The van der Waals surface area contributed by atoms with Crippen LogP contribution in [0, 0.1) is 28.9 Å². The van der Waals surface area contributed by atoms with Gasteiger partial charge in [-0.25, -0.2) is 13.8 Å². The van der Waals surface area contributed by atoms with E-state index in [1.807, 2.05) is 0 Å². The highest BCUT2D eigenvalue weighted by atomic mass is 35.5. The zero-order chi connectivity index (χ0) is 41.5. The molecule has 1 saturated heterocycles. The highest BCUT2D eigenvalue weighted by Crippen LogP contribution is 2.53. The van der Waals surface area contributed by atoms with E-state index in [0.29, 0.717) is 63.9 Å². The lowest BCUT2D eigenvalue weighted by molar-refractivity contribution is -0.219. The van der Waals surface area contributed by atoms with Gasteiger partial charge >= 0.3 is 6.18 Å². The fourth-order valence-corrected chi connectivity index (χ4v) is 8.82. The van der Waals surface area contributed by atoms with E-state index in [2.05, 4.69) is 27.4 Å². The van der Waals surface area contributed by atoms with Gasteiger partial charge in [0.25, 0.3) is 5.92 Å². The van der Waals surface area contributed by atoms with Gasteiger partial charge in [0.1, 0.15) is 35.2 Å². The molecule has 0 bridgehead atoms. The van der Waals surface area contributed by atoms with Crippen LogP contribution in [0.4, 0.5) is 30.7 Å². The van der Waals surface area contributed by atoms with Crippen LogP contribution in [0.15, 0.2) is 42.5 Å². The summed E-state index contributed by atoms with van der Waals surface area (Å²) in [6, 6.07) is 7.83. The van der Waals surface area contributed by atoms with Gasteiger partial charge in [-0.3, -0.25) is 14.2 Å². The van der Waals surface area contributed by atoms with Gasteiger partial charge in [-0.15, -0.1) is 5.10 Å². The molecule has 304 valence electrons. The molecular formula is C40H34ClF7N6O4. The number of aryl methyl sites for hydroxylation is 1. The number of carbonyl (C=O) groups excluding carboxylic acids is 1. The Kier molecular flexibility index (Phi) is 9.56. The molecule has 1 amide bonds. The highest BCUT2D eigenvalue weighted by Gasteiger charge is 2.57. The number of aromatic nitrogens is 5. The number of methoxy groups -OCH3 is 1. The van der Waals surface area contributed by atoms with Crippen molar-refractivity contribution in [2.45, 2.75) is 68.8 Å². The van der Waals surface area contributed by atoms with Crippen LogP contribution in [-0.4, -0.2) is 61.5 Å². The molecule has 4 heterocycles. The van der Waals surface area contributed by atoms with Crippen molar-refractivity contribution in [1.82, 2.24) is 29.9 Å². The van der Waals surface area contributed by atoms with E-state index in [-0.39, 0.29) is 34.7 Å². The molecular weight excluding hydrogens is 797 g/mol. The average molecular weight is 831 g/mol. The Labute approximate surface area is 331 Å². The minimum Gasteiger partial charge on any atom is -0.479 e. The fourth-order valence-electron chi connectivity index (χ4n) is 8.59. The van der Waals surface area contributed by atoms with Crippen molar-refractivity contribution in [3.05, 3.63) is 93.0 Å². The first-order valence-corrected chi connectivity index (χ1v) is 18.5. The summed E-state index contributed by atoms with van der Waals surface area (Å²) in [4.78, 5) is 18.8. The van der Waals surface area contributed by atoms with Crippen molar-refractivity contribution in [1.29, 1.82) is 0 Å². The predicted octanol–water partition coefficient (Wildman–Crippen LogP) is 7.38. The van der Waals surface area contributed by atoms with Gasteiger partial charge in [-0.05, 0) is 67.0 Å². The number of benzene rings is 2. The summed E-state index contributed by atoms with van der Waals surface area (Å²) in [5.41, 5.74) is -3.15. The third kappa shape index (κ3) is 7.04. The number of halogens is 8. The molecule has 5 aromatic rings. The van der Waals surface area contributed by atoms with Gasteiger partial charge in [0, 0.05) is 41.6 Å². The monoisotopic (exact) mass is 830 g/mol. The van der Waals surface area contributed by atoms with Crippen molar-refractivity contribution in [2.24, 2.45) is 12.5 Å². The first kappa shape index (κ1) is 39.6. The predicted molar refractivity (Wildman–Crippen MR) is 195 cm³/mol. The molecule has 2 aliphatic carbocycles. The molecule has 1 saturated carbocycles. The number of pyridine rings is 1. The van der Waals surface area contributed by atoms with Crippen molar-refractivity contribution in [3.63, 3.8) is 0 Å². The van der Waals surface area contributed by atoms with Crippen LogP contribution in [0.25, 0.3) is 22.0 Å². The van der Waals surface area contributed by atoms with Crippen LogP contribution < -0.4 is 10.1 Å². The second-order valence-electron chi connectivity index (χ2n) is 15.4. The van der Waals surface area contributed by atoms with E-state index >= 15 is 8.78 Å². The first-order valence-electron chi connectivity index (χ1n) is 18.1. The third-order valence-electron chi connectivity index (χ3n) is 10.9. The molecule has 2 atom stereocenters. The Hall–Kier alpha value is -5.18. The topological polar surface area (TPSA) is 116 Å². The standard InChI is InChI=1S/C40H34ClF7N6O4/c1-20-14-39(44,45)35-30(20)34(40(46,47)48)51-54(35)15-29(55)50-28(12-21-10-22(42)13-23(43)11-21)32-25(26-6-7-27(41)31-33(26)53(2)52-36(31)57-3)5-4-24(49-32)8-9-38(56)16-37(17-38)18-58-19-37/h4-7,10-11,13,20,28,56H,12,14-19H2,1-3H3,(H,50,55)/t20-,28?/m0/s1. The maximum absolute atomic E-state index is 15.2. The summed E-state index contributed by atoms with van der Waals surface area (Å²) in [5.74, 6) is -1.85. The number of amides is 1. The number of nitrogens with one attached hydrogen (secondary N) is 1. The van der Waals surface area contributed by atoms with E-state index < -0.39 is 77.1 Å². The Morgan fingerprint density at radius 1 is 1.10 bits per heavy atom. The lowest BCUT2D eigenvalue weighted by Crippen LogP contribution is -2.60. The Bertz CT molecular complexity index is 2530. The van der Waals surface area contributed by atoms with Gasteiger partial charge in [-0.2, -0.15) is 27.1 Å². The third-order valence-corrected chi connectivity index (χ3v) is 11.2. The minimum atomic E-state index is -5.08. The number of hydrogen-bond acceptors (Lipinski definition) is 7. The van der Waals surface area contributed by atoms with E-state index in [1.165, 1.54) is 18.7 Å². The number of ether oxygens (including phenoxy) is 2. The molecule has 2 aromatic carbocycles. The van der Waals surface area contributed by atoms with E-state index in [4.69, 9.17) is 26.1 Å². The molecule has 3 aromatic heterocycles. The quantitative estimate of drug-likeness (QED) is 0.124. The van der Waals surface area contributed by atoms with Crippen LogP contribution in [0.2, 0.25) is 5.02 Å². The lowest BCUT2D eigenvalue weighted by Gasteiger charge is -2.55. The highest BCUT2D eigenvalue weighted by molar-refractivity contribution is 6.36. The Morgan fingerprint density at radius 2 is 1.79 bits per heavy atom. The van der Waals surface area contributed by atoms with E-state index in [0.717, 1.165) is 12.1 Å². The maximum Gasteiger partial charge on any atom is 0.435 e. The Balaban J connectivity index is 1.26. The number of nitrogens with zero attached hydrogens (tertiary/aromatic N) is 5. The zero-order valence-electron chi connectivity index (χ0n) is 31.1. The summed E-state index contributed by atoms with van der Waals surface area (Å²) in [6.45, 7) is 1.19. The van der Waals surface area contributed by atoms with Crippen molar-refractivity contribution in [3.8, 4) is 28.8 Å². The van der Waals surface area contributed by atoms with Crippen LogP contribution in [0.1, 0.15) is 72.0 Å². The molecule has 1 aliphatic heterocycles. The van der Waals surface area contributed by atoms with Crippen LogP contribution in [-0.2, 0) is 41.6 Å². The van der Waals surface area contributed by atoms with Crippen LogP contribution >= 0.6 is 11.6 Å². The van der Waals surface area contributed by atoms with Gasteiger partial charge in [-0.1, -0.05) is 30.5 Å². The first-order chi connectivity index (χ1) is 27.3. The van der Waals surface area contributed by atoms with E-state index in [9.17, 15) is 31.9 Å². The molecule has 10 nitrogen and oxygen atoms in total. The van der Waals surface area contributed by atoms with Gasteiger partial charge in [0.2, 0.25) is 11.8 Å². The normalized spacial score (nSPS) is 19.2. The second kappa shape index (κ2) is 14.0. The van der Waals surface area contributed by atoms with Gasteiger partial charge in [0.05, 0.1) is 48.0 Å². The average Bonchev–Trinajstić information content (AvgIpc) is 3.74. The molecule has 3 aliphatic rings. The second-order valence-corrected chi connectivity index (χ2v) is 15.8. The molecule has 1 spiro atoms. The number of hydrogen-bond donors (Lipinski definition) is 2. The lowest BCUT2D eigenvalue weighted by atomic mass is 9.58. The summed E-state index contributed by atoms with van der Waals surface area (Å²) >= 11 is 6.60. The van der Waals surface area contributed by atoms with Crippen LogP contribution in [0.3, 0.4) is 0 Å². The molecule has 8 rings (SSSR count). The number of fused-ring (bicyclic) bond motifs is 2. The SMILES string of the molecule is COc1nn(C)c2c(-c3ccc(C#CC4(O)CC5(COC5)C4)nc3C(Cc3cc(F)cc(F)c3)NC(=O)Cn3nc(C(F)(F)F)c4c3C(F)(F)C[C@@H]4C)ccc(Cl)c12. The summed E-state index contributed by atoms with van der Waals surface area (Å²) < 4.78 is 115. The minimum absolute atomic E-state index is 0.0481. The fraction of sp³-hybridized carbons (Fsp3) is 0.400. The number of rotatable bonds is 8. The van der Waals surface area contributed by atoms with E-state index in [1.54, 1.807) is 31.3 Å². The molecule has 18 heteroatoms. The molecule has 1 unspecified atom stereocenters. The largest absolute Gasteiger partial charge is 0.479 e. The maximum atomic E-state index is 15.2. The number of aliphatic hydroxyl groups is 1. The van der Waals surface area contributed by atoms with Crippen molar-refractivity contribution < 1.29 is 50.1 Å². The zero-order valence-corrected chi connectivity index (χ0v) is 31.8.